The van der Waals surface area contributed by atoms with E-state index in [0.29, 0.717) is 25.7 Å². The smallest absolute Gasteiger partial charge is 0.165 e. The molecule has 0 spiro atoms. The van der Waals surface area contributed by atoms with Crippen molar-refractivity contribution in [1.82, 2.24) is 4.90 Å². The maximum absolute atomic E-state index is 9.30. The zero-order valence-corrected chi connectivity index (χ0v) is 11.2. The summed E-state index contributed by atoms with van der Waals surface area (Å²) in [7, 11) is 0. The highest BCUT2D eigenvalue weighted by atomic mass is 16.6. The first-order chi connectivity index (χ1) is 9.36. The molecule has 0 aromatic heterocycles. The quantitative estimate of drug-likeness (QED) is 0.900. The van der Waals surface area contributed by atoms with Crippen molar-refractivity contribution < 1.29 is 14.6 Å². The fraction of sp³-hybridized carbons (Fsp3) is 0.600. The van der Waals surface area contributed by atoms with E-state index in [1.807, 2.05) is 12.1 Å². The van der Waals surface area contributed by atoms with Crippen molar-refractivity contribution in [3.8, 4) is 11.5 Å². The summed E-state index contributed by atoms with van der Waals surface area (Å²) in [6.45, 7) is 4.50. The van der Waals surface area contributed by atoms with Crippen molar-refractivity contribution in [2.45, 2.75) is 19.4 Å². The summed E-state index contributed by atoms with van der Waals surface area (Å²) >= 11 is 0. The molecule has 4 heteroatoms. The minimum absolute atomic E-state index is 0.295. The van der Waals surface area contributed by atoms with Crippen LogP contribution in [0, 0.1) is 5.92 Å². The number of ether oxygens (including phenoxy) is 2. The van der Waals surface area contributed by atoms with Crippen LogP contribution < -0.4 is 9.47 Å². The van der Waals surface area contributed by atoms with Gasteiger partial charge in [-0.3, -0.25) is 4.90 Å². The van der Waals surface area contributed by atoms with Gasteiger partial charge in [0.05, 0.1) is 0 Å². The van der Waals surface area contributed by atoms with Gasteiger partial charge in [-0.05, 0) is 31.4 Å². The predicted octanol–water partition coefficient (Wildman–Crippen LogP) is 1.66. The number of rotatable bonds is 3. The van der Waals surface area contributed by atoms with Crippen molar-refractivity contribution in [3.05, 3.63) is 23.8 Å². The predicted molar refractivity (Wildman–Crippen MR) is 72.5 cm³/mol. The number of hydrogen-bond acceptors (Lipinski definition) is 4. The van der Waals surface area contributed by atoms with Gasteiger partial charge in [0.2, 0.25) is 0 Å². The van der Waals surface area contributed by atoms with Gasteiger partial charge in [0.25, 0.3) is 0 Å². The van der Waals surface area contributed by atoms with Crippen molar-refractivity contribution in [3.63, 3.8) is 0 Å². The first-order valence-electron chi connectivity index (χ1n) is 7.07. The number of para-hydroxylation sites is 1. The number of aliphatic hydroxyl groups excluding tert-OH is 1. The van der Waals surface area contributed by atoms with Gasteiger partial charge in [0, 0.05) is 25.3 Å². The maximum atomic E-state index is 9.30. The van der Waals surface area contributed by atoms with Crippen LogP contribution >= 0.6 is 0 Å². The van der Waals surface area contributed by atoms with Crippen LogP contribution in [0.25, 0.3) is 0 Å². The molecule has 1 aromatic rings. The lowest BCUT2D eigenvalue weighted by molar-refractivity contribution is 0.113. The first kappa shape index (κ1) is 12.8. The zero-order chi connectivity index (χ0) is 13.1. The summed E-state index contributed by atoms with van der Waals surface area (Å²) in [4.78, 5) is 2.40. The van der Waals surface area contributed by atoms with Crippen molar-refractivity contribution in [1.29, 1.82) is 0 Å². The van der Waals surface area contributed by atoms with E-state index in [1.54, 1.807) is 0 Å². The van der Waals surface area contributed by atoms with Crippen LogP contribution in [0.1, 0.15) is 18.4 Å². The summed E-state index contributed by atoms with van der Waals surface area (Å²) in [5, 5.41) is 9.30. The Hall–Kier alpha value is -1.26. The number of nitrogens with zero attached hydrogens (tertiary/aromatic N) is 1. The molecule has 1 N–H and O–H groups in total. The maximum Gasteiger partial charge on any atom is 0.165 e. The monoisotopic (exact) mass is 263 g/mol. The van der Waals surface area contributed by atoms with E-state index in [-0.39, 0.29) is 0 Å². The summed E-state index contributed by atoms with van der Waals surface area (Å²) in [6, 6.07) is 6.09. The highest BCUT2D eigenvalue weighted by molar-refractivity contribution is 5.47. The van der Waals surface area contributed by atoms with Crippen LogP contribution in [-0.2, 0) is 6.54 Å². The lowest BCUT2D eigenvalue weighted by Crippen LogP contribution is -2.36. The van der Waals surface area contributed by atoms with Gasteiger partial charge < -0.3 is 14.6 Å². The average Bonchev–Trinajstić information content (AvgIpc) is 2.48. The standard InChI is InChI=1S/C15H21NO3/c17-11-12-3-2-6-16(9-12)10-13-4-1-5-14-15(13)19-8-7-18-14/h1,4-5,12,17H,2-3,6-11H2. The molecular weight excluding hydrogens is 242 g/mol. The van der Waals surface area contributed by atoms with Crippen molar-refractivity contribution in [2.24, 2.45) is 5.92 Å². The number of piperidine rings is 1. The fourth-order valence-electron chi connectivity index (χ4n) is 2.94. The summed E-state index contributed by atoms with van der Waals surface area (Å²) in [5.41, 5.74) is 1.19. The Balaban J connectivity index is 1.72. The Morgan fingerprint density at radius 3 is 3.05 bits per heavy atom. The minimum Gasteiger partial charge on any atom is -0.486 e. The van der Waals surface area contributed by atoms with E-state index < -0.39 is 0 Å². The van der Waals surface area contributed by atoms with Crippen LogP contribution in [0.15, 0.2) is 18.2 Å². The van der Waals surface area contributed by atoms with Crippen LogP contribution in [0.5, 0.6) is 11.5 Å². The highest BCUT2D eigenvalue weighted by Crippen LogP contribution is 2.34. The third-order valence-electron chi connectivity index (χ3n) is 3.90. The number of aliphatic hydroxyl groups is 1. The Labute approximate surface area is 113 Å². The van der Waals surface area contributed by atoms with Gasteiger partial charge in [0.1, 0.15) is 13.2 Å². The van der Waals surface area contributed by atoms with E-state index in [9.17, 15) is 5.11 Å². The summed E-state index contributed by atoms with van der Waals surface area (Å²) in [6.07, 6.45) is 2.30. The Kier molecular flexibility index (Phi) is 3.89. The Morgan fingerprint density at radius 1 is 1.26 bits per heavy atom. The van der Waals surface area contributed by atoms with E-state index >= 15 is 0 Å². The molecule has 0 radical (unpaired) electrons. The second kappa shape index (κ2) is 5.80. The molecule has 1 saturated heterocycles. The number of hydrogen-bond donors (Lipinski definition) is 1. The van der Waals surface area contributed by atoms with E-state index in [0.717, 1.165) is 44.0 Å². The molecule has 104 valence electrons. The third-order valence-corrected chi connectivity index (χ3v) is 3.90. The van der Waals surface area contributed by atoms with E-state index in [4.69, 9.17) is 9.47 Å². The molecule has 1 fully saturated rings. The first-order valence-corrected chi connectivity index (χ1v) is 7.07. The van der Waals surface area contributed by atoms with Gasteiger partial charge in [-0.1, -0.05) is 12.1 Å². The molecular formula is C15H21NO3. The molecule has 2 heterocycles. The van der Waals surface area contributed by atoms with E-state index in [2.05, 4.69) is 11.0 Å². The van der Waals surface area contributed by atoms with E-state index in [1.165, 1.54) is 5.56 Å². The normalized spacial score (nSPS) is 23.3. The van der Waals surface area contributed by atoms with Crippen LogP contribution in [0.3, 0.4) is 0 Å². The molecule has 0 amide bonds. The molecule has 1 unspecified atom stereocenters. The molecule has 19 heavy (non-hydrogen) atoms. The molecule has 0 saturated carbocycles. The lowest BCUT2D eigenvalue weighted by atomic mass is 9.98. The highest BCUT2D eigenvalue weighted by Gasteiger charge is 2.22. The third kappa shape index (κ3) is 2.85. The summed E-state index contributed by atoms with van der Waals surface area (Å²) in [5.74, 6) is 2.18. The van der Waals surface area contributed by atoms with Gasteiger partial charge in [0.15, 0.2) is 11.5 Å². The minimum atomic E-state index is 0.295. The topological polar surface area (TPSA) is 41.9 Å². The Bertz CT molecular complexity index is 435. The number of likely N-dealkylation sites (tertiary alicyclic amines) is 1. The molecule has 0 aliphatic carbocycles. The zero-order valence-electron chi connectivity index (χ0n) is 11.2. The SMILES string of the molecule is OCC1CCCN(Cc2cccc3c2OCCO3)C1. The molecule has 2 aliphatic heterocycles. The van der Waals surface area contributed by atoms with Gasteiger partial charge in [-0.15, -0.1) is 0 Å². The number of benzene rings is 1. The van der Waals surface area contributed by atoms with Gasteiger partial charge in [-0.2, -0.15) is 0 Å². The number of fused-ring (bicyclic) bond motifs is 1. The molecule has 4 nitrogen and oxygen atoms in total. The Morgan fingerprint density at radius 2 is 2.16 bits per heavy atom. The summed E-state index contributed by atoms with van der Waals surface area (Å²) < 4.78 is 11.4. The largest absolute Gasteiger partial charge is 0.486 e. The molecule has 1 aromatic carbocycles. The molecule has 3 rings (SSSR count). The molecule has 1 atom stereocenters. The second-order valence-electron chi connectivity index (χ2n) is 5.37. The van der Waals surface area contributed by atoms with Crippen molar-refractivity contribution >= 4 is 0 Å². The molecule has 0 bridgehead atoms. The lowest BCUT2D eigenvalue weighted by Gasteiger charge is -2.32. The van der Waals surface area contributed by atoms with Gasteiger partial charge in [-0.25, -0.2) is 0 Å². The second-order valence-corrected chi connectivity index (χ2v) is 5.37. The van der Waals surface area contributed by atoms with Crippen molar-refractivity contribution in [2.75, 3.05) is 32.9 Å². The van der Waals surface area contributed by atoms with Crippen LogP contribution in [0.4, 0.5) is 0 Å². The van der Waals surface area contributed by atoms with Crippen LogP contribution in [0.2, 0.25) is 0 Å². The molecule has 2 aliphatic rings. The fourth-order valence-corrected chi connectivity index (χ4v) is 2.94. The average molecular weight is 263 g/mol. The van der Waals surface area contributed by atoms with Crippen LogP contribution in [-0.4, -0.2) is 42.9 Å². The van der Waals surface area contributed by atoms with Gasteiger partial charge >= 0.3 is 0 Å².